The quantitative estimate of drug-likeness (QED) is 0.925. The largest absolute Gasteiger partial charge is 0.381 e. The molecule has 3 heteroatoms. The van der Waals surface area contributed by atoms with Gasteiger partial charge in [0.25, 0.3) is 0 Å². The zero-order valence-electron chi connectivity index (χ0n) is 13.2. The van der Waals surface area contributed by atoms with Crippen LogP contribution in [0.4, 0.5) is 0 Å². The van der Waals surface area contributed by atoms with Gasteiger partial charge < -0.3 is 10.5 Å². The molecule has 1 fully saturated rings. The summed E-state index contributed by atoms with van der Waals surface area (Å²) in [6, 6.07) is 8.87. The zero-order chi connectivity index (χ0) is 14.7. The number of nitrogens with zero attached hydrogens (tertiary/aromatic N) is 1. The Labute approximate surface area is 128 Å². The second-order valence-electron chi connectivity index (χ2n) is 6.71. The molecule has 1 aliphatic carbocycles. The van der Waals surface area contributed by atoms with E-state index in [1.807, 2.05) is 0 Å². The maximum absolute atomic E-state index is 6.29. The molecule has 0 saturated carbocycles. The van der Waals surface area contributed by atoms with E-state index in [9.17, 15) is 0 Å². The molecule has 2 unspecified atom stereocenters. The van der Waals surface area contributed by atoms with E-state index in [0.29, 0.717) is 12.5 Å². The molecule has 0 spiro atoms. The molecule has 116 valence electrons. The second kappa shape index (κ2) is 6.47. The third kappa shape index (κ3) is 2.87. The van der Waals surface area contributed by atoms with Crippen molar-refractivity contribution in [3.05, 3.63) is 35.4 Å². The van der Waals surface area contributed by atoms with E-state index < -0.39 is 0 Å². The van der Waals surface area contributed by atoms with E-state index in [4.69, 9.17) is 10.5 Å². The van der Waals surface area contributed by atoms with Crippen LogP contribution in [0.25, 0.3) is 0 Å². The molecule has 0 amide bonds. The minimum absolute atomic E-state index is 0.0201. The summed E-state index contributed by atoms with van der Waals surface area (Å²) in [5.41, 5.74) is 9.25. The van der Waals surface area contributed by atoms with Crippen LogP contribution in [0.15, 0.2) is 24.3 Å². The molecular formula is C18H28N2O. The number of hydrogen-bond donors (Lipinski definition) is 1. The average Bonchev–Trinajstić information content (AvgIpc) is 2.55. The SMILES string of the molecule is CN(CC1CCCOC1)C1(CN)CCCc2ccccc21. The molecule has 0 aromatic heterocycles. The summed E-state index contributed by atoms with van der Waals surface area (Å²) in [5, 5.41) is 0. The minimum Gasteiger partial charge on any atom is -0.381 e. The second-order valence-corrected chi connectivity index (χ2v) is 6.71. The van der Waals surface area contributed by atoms with E-state index in [0.717, 1.165) is 19.8 Å². The lowest BCUT2D eigenvalue weighted by atomic mass is 9.75. The van der Waals surface area contributed by atoms with Crippen LogP contribution in [0.1, 0.15) is 36.8 Å². The van der Waals surface area contributed by atoms with Crippen molar-refractivity contribution in [1.82, 2.24) is 4.90 Å². The molecule has 2 atom stereocenters. The highest BCUT2D eigenvalue weighted by Crippen LogP contribution is 2.39. The van der Waals surface area contributed by atoms with Gasteiger partial charge in [0.1, 0.15) is 0 Å². The monoisotopic (exact) mass is 288 g/mol. The molecule has 0 radical (unpaired) electrons. The van der Waals surface area contributed by atoms with E-state index >= 15 is 0 Å². The molecule has 1 aromatic carbocycles. The van der Waals surface area contributed by atoms with Gasteiger partial charge in [0.2, 0.25) is 0 Å². The van der Waals surface area contributed by atoms with Gasteiger partial charge in [-0.3, -0.25) is 4.90 Å². The predicted octanol–water partition coefficient (Wildman–Crippen LogP) is 2.54. The highest BCUT2D eigenvalue weighted by molar-refractivity contribution is 5.36. The third-order valence-corrected chi connectivity index (χ3v) is 5.41. The summed E-state index contributed by atoms with van der Waals surface area (Å²) < 4.78 is 5.65. The Bertz CT molecular complexity index is 470. The maximum Gasteiger partial charge on any atom is 0.0584 e. The molecule has 0 bridgehead atoms. The van der Waals surface area contributed by atoms with Gasteiger partial charge in [-0.2, -0.15) is 0 Å². The van der Waals surface area contributed by atoms with Crippen LogP contribution in [0.2, 0.25) is 0 Å². The molecule has 1 aliphatic heterocycles. The summed E-state index contributed by atoms with van der Waals surface area (Å²) >= 11 is 0. The highest BCUT2D eigenvalue weighted by atomic mass is 16.5. The summed E-state index contributed by atoms with van der Waals surface area (Å²) in [6.07, 6.45) is 6.08. The Kier molecular flexibility index (Phi) is 4.63. The molecular weight excluding hydrogens is 260 g/mol. The van der Waals surface area contributed by atoms with Crippen molar-refractivity contribution >= 4 is 0 Å². The van der Waals surface area contributed by atoms with Crippen LogP contribution in [-0.4, -0.2) is 38.3 Å². The predicted molar refractivity (Wildman–Crippen MR) is 86.3 cm³/mol. The number of rotatable bonds is 4. The standard InChI is InChI=1S/C18H28N2O/c1-20(12-15-6-5-11-21-13-15)18(14-19)10-4-8-16-7-2-3-9-17(16)18/h2-3,7,9,15H,4-6,8,10-14,19H2,1H3. The third-order valence-electron chi connectivity index (χ3n) is 5.41. The lowest BCUT2D eigenvalue weighted by Crippen LogP contribution is -2.53. The number of likely N-dealkylation sites (N-methyl/N-ethyl adjacent to an activating group) is 1. The lowest BCUT2D eigenvalue weighted by Gasteiger charge is -2.46. The number of aryl methyl sites for hydroxylation is 1. The number of ether oxygens (including phenoxy) is 1. The van der Waals surface area contributed by atoms with Crippen LogP contribution in [-0.2, 0) is 16.7 Å². The molecule has 21 heavy (non-hydrogen) atoms. The van der Waals surface area contributed by atoms with E-state index in [1.54, 1.807) is 0 Å². The van der Waals surface area contributed by atoms with E-state index in [2.05, 4.69) is 36.2 Å². The Morgan fingerprint density at radius 1 is 1.33 bits per heavy atom. The number of nitrogens with two attached hydrogens (primary N) is 1. The van der Waals surface area contributed by atoms with Gasteiger partial charge in [0, 0.05) is 19.7 Å². The van der Waals surface area contributed by atoms with Gasteiger partial charge in [-0.05, 0) is 56.2 Å². The summed E-state index contributed by atoms with van der Waals surface area (Å²) in [4.78, 5) is 2.52. The zero-order valence-corrected chi connectivity index (χ0v) is 13.2. The van der Waals surface area contributed by atoms with Crippen molar-refractivity contribution in [1.29, 1.82) is 0 Å². The Morgan fingerprint density at radius 3 is 2.95 bits per heavy atom. The summed E-state index contributed by atoms with van der Waals surface area (Å²) in [5.74, 6) is 0.654. The average molecular weight is 288 g/mol. The fraction of sp³-hybridized carbons (Fsp3) is 0.667. The number of hydrogen-bond acceptors (Lipinski definition) is 3. The first-order valence-corrected chi connectivity index (χ1v) is 8.34. The number of benzene rings is 1. The van der Waals surface area contributed by atoms with Crippen LogP contribution < -0.4 is 5.73 Å². The van der Waals surface area contributed by atoms with Crippen molar-refractivity contribution < 1.29 is 4.74 Å². The van der Waals surface area contributed by atoms with Gasteiger partial charge in [-0.1, -0.05) is 24.3 Å². The first-order chi connectivity index (χ1) is 10.3. The molecule has 3 nitrogen and oxygen atoms in total. The highest BCUT2D eigenvalue weighted by Gasteiger charge is 2.39. The molecule has 2 N–H and O–H groups in total. The summed E-state index contributed by atoms with van der Waals surface area (Å²) in [7, 11) is 2.25. The molecule has 3 rings (SSSR count). The smallest absolute Gasteiger partial charge is 0.0584 e. The van der Waals surface area contributed by atoms with Gasteiger partial charge in [-0.25, -0.2) is 0 Å². The Hall–Kier alpha value is -0.900. The van der Waals surface area contributed by atoms with Gasteiger partial charge in [-0.15, -0.1) is 0 Å². The Balaban J connectivity index is 1.83. The van der Waals surface area contributed by atoms with Gasteiger partial charge in [0.05, 0.1) is 12.1 Å². The van der Waals surface area contributed by atoms with Gasteiger partial charge >= 0.3 is 0 Å². The summed E-state index contributed by atoms with van der Waals surface area (Å²) in [6.45, 7) is 3.64. The van der Waals surface area contributed by atoms with E-state index in [1.165, 1.54) is 43.2 Å². The topological polar surface area (TPSA) is 38.5 Å². The lowest BCUT2D eigenvalue weighted by molar-refractivity contribution is 0.0147. The van der Waals surface area contributed by atoms with Crippen molar-refractivity contribution in [3.63, 3.8) is 0 Å². The fourth-order valence-electron chi connectivity index (χ4n) is 4.18. The minimum atomic E-state index is 0.0201. The first-order valence-electron chi connectivity index (χ1n) is 8.34. The maximum atomic E-state index is 6.29. The molecule has 1 heterocycles. The molecule has 1 saturated heterocycles. The first kappa shape index (κ1) is 15.0. The van der Waals surface area contributed by atoms with Crippen LogP contribution >= 0.6 is 0 Å². The van der Waals surface area contributed by atoms with Crippen LogP contribution in [0.5, 0.6) is 0 Å². The Morgan fingerprint density at radius 2 is 2.19 bits per heavy atom. The van der Waals surface area contributed by atoms with Crippen LogP contribution in [0, 0.1) is 5.92 Å². The molecule has 1 aromatic rings. The normalized spacial score (nSPS) is 29.4. The van der Waals surface area contributed by atoms with Gasteiger partial charge in [0.15, 0.2) is 0 Å². The van der Waals surface area contributed by atoms with Crippen molar-refractivity contribution in [2.45, 2.75) is 37.6 Å². The van der Waals surface area contributed by atoms with Crippen LogP contribution in [0.3, 0.4) is 0 Å². The molecule has 2 aliphatic rings. The van der Waals surface area contributed by atoms with E-state index in [-0.39, 0.29) is 5.54 Å². The fourth-order valence-corrected chi connectivity index (χ4v) is 4.18. The van der Waals surface area contributed by atoms with Crippen molar-refractivity contribution in [2.24, 2.45) is 11.7 Å². The van der Waals surface area contributed by atoms with Crippen molar-refractivity contribution in [3.8, 4) is 0 Å². The van der Waals surface area contributed by atoms with Crippen molar-refractivity contribution in [2.75, 3.05) is 33.4 Å². The number of fused-ring (bicyclic) bond motifs is 1.